The number of nitrogens with zero attached hydrogens (tertiary/aromatic N) is 4. The number of halogens is 4. The van der Waals surface area contributed by atoms with E-state index in [1.54, 1.807) is 24.3 Å². The number of rotatable bonds is 4. The molecule has 1 aliphatic rings. The van der Waals surface area contributed by atoms with Gasteiger partial charge in [0.2, 0.25) is 5.95 Å². The fourth-order valence-electron chi connectivity index (χ4n) is 2.83. The molecule has 27 heavy (non-hydrogen) atoms. The van der Waals surface area contributed by atoms with Crippen LogP contribution < -0.4 is 10.1 Å². The minimum Gasteiger partial charge on any atom is -0.434 e. The average molecular weight is 455 g/mol. The highest BCUT2D eigenvalue weighted by molar-refractivity contribution is 9.10. The van der Waals surface area contributed by atoms with Gasteiger partial charge in [0.05, 0.1) is 0 Å². The topological polar surface area (TPSA) is 64.9 Å². The van der Waals surface area contributed by atoms with Crippen LogP contribution >= 0.6 is 27.5 Å². The normalized spacial score (nSPS) is 15.9. The van der Waals surface area contributed by atoms with Crippen molar-refractivity contribution < 1.29 is 13.5 Å². The van der Waals surface area contributed by atoms with Crippen molar-refractivity contribution in [2.24, 2.45) is 0 Å². The van der Waals surface area contributed by atoms with Crippen LogP contribution in [0.4, 0.5) is 14.7 Å². The number of fused-ring (bicyclic) bond motifs is 1. The van der Waals surface area contributed by atoms with Crippen molar-refractivity contribution in [2.75, 3.05) is 5.32 Å². The lowest BCUT2D eigenvalue weighted by molar-refractivity contribution is -0.0506. The molecule has 2 aromatic carbocycles. The van der Waals surface area contributed by atoms with E-state index in [1.807, 2.05) is 18.2 Å². The second-order valence-electron chi connectivity index (χ2n) is 5.66. The van der Waals surface area contributed by atoms with E-state index < -0.39 is 12.7 Å². The van der Waals surface area contributed by atoms with Crippen LogP contribution in [0, 0.1) is 0 Å². The summed E-state index contributed by atoms with van der Waals surface area (Å²) in [6, 6.07) is 11.5. The van der Waals surface area contributed by atoms with Crippen LogP contribution in [0.1, 0.15) is 17.2 Å². The molecule has 3 aromatic rings. The third-order valence-electron chi connectivity index (χ3n) is 3.99. The molecule has 0 amide bonds. The van der Waals surface area contributed by atoms with Crippen molar-refractivity contribution >= 4 is 39.2 Å². The molecule has 0 radical (unpaired) electrons. The molecule has 0 saturated carbocycles. The van der Waals surface area contributed by atoms with Gasteiger partial charge in [0.15, 0.2) is 0 Å². The van der Waals surface area contributed by atoms with Crippen LogP contribution in [0.3, 0.4) is 0 Å². The number of anilines is 1. The van der Waals surface area contributed by atoms with Gasteiger partial charge in [-0.3, -0.25) is 0 Å². The molecule has 1 aliphatic heterocycles. The molecule has 6 nitrogen and oxygen atoms in total. The molecule has 1 atom stereocenters. The number of allylic oxidation sites excluding steroid dienone is 1. The second kappa shape index (κ2) is 7.24. The Bertz CT molecular complexity index is 1010. The van der Waals surface area contributed by atoms with E-state index >= 15 is 0 Å². The Labute approximate surface area is 165 Å². The van der Waals surface area contributed by atoms with Gasteiger partial charge in [-0.2, -0.15) is 13.5 Å². The van der Waals surface area contributed by atoms with Gasteiger partial charge in [0.25, 0.3) is 0 Å². The first-order valence-electron chi connectivity index (χ1n) is 7.78. The number of benzene rings is 2. The van der Waals surface area contributed by atoms with Gasteiger partial charge in [0, 0.05) is 20.8 Å². The van der Waals surface area contributed by atoms with Crippen LogP contribution in [0.5, 0.6) is 5.75 Å². The number of alkyl halides is 2. The number of aromatic nitrogens is 4. The highest BCUT2D eigenvalue weighted by Crippen LogP contribution is 2.37. The van der Waals surface area contributed by atoms with Crippen molar-refractivity contribution in [3.8, 4) is 5.75 Å². The first-order chi connectivity index (χ1) is 13.0. The maximum Gasteiger partial charge on any atom is 0.387 e. The SMILES string of the molecule is FC(F)Oc1ccc(Br)cc1C1C=C(c2ccc(Cl)cc2)Nc2nnnn21. The summed E-state index contributed by atoms with van der Waals surface area (Å²) in [5.41, 5.74) is 2.07. The van der Waals surface area contributed by atoms with E-state index in [0.29, 0.717) is 21.0 Å². The standard InChI is InChI=1S/C17H11BrClF2N5O/c18-10-3-6-15(27-16(20)21)12(7-10)14-8-13(9-1-4-11(19)5-2-9)22-17-23-24-25-26(14)17/h1-8,14,16H,(H,22,23,25). The Balaban J connectivity index is 1.83. The van der Waals surface area contributed by atoms with E-state index in [1.165, 1.54) is 10.7 Å². The van der Waals surface area contributed by atoms with Gasteiger partial charge in [-0.1, -0.05) is 44.8 Å². The van der Waals surface area contributed by atoms with Gasteiger partial charge in [0.1, 0.15) is 11.8 Å². The zero-order chi connectivity index (χ0) is 19.0. The van der Waals surface area contributed by atoms with Gasteiger partial charge < -0.3 is 10.1 Å². The Hall–Kier alpha value is -2.52. The van der Waals surface area contributed by atoms with Gasteiger partial charge >= 0.3 is 6.61 Å². The van der Waals surface area contributed by atoms with Crippen LogP contribution in [-0.4, -0.2) is 26.8 Å². The molecule has 4 rings (SSSR count). The molecule has 0 fully saturated rings. The number of hydrogen-bond acceptors (Lipinski definition) is 5. The molecule has 138 valence electrons. The Morgan fingerprint density at radius 1 is 1.19 bits per heavy atom. The molecule has 2 heterocycles. The Morgan fingerprint density at radius 2 is 1.96 bits per heavy atom. The van der Waals surface area contributed by atoms with Gasteiger partial charge in [-0.15, -0.1) is 0 Å². The maximum atomic E-state index is 12.9. The fraction of sp³-hybridized carbons (Fsp3) is 0.118. The van der Waals surface area contributed by atoms with Crippen LogP contribution in [-0.2, 0) is 0 Å². The second-order valence-corrected chi connectivity index (χ2v) is 7.02. The molecule has 0 aliphatic carbocycles. The van der Waals surface area contributed by atoms with Crippen LogP contribution in [0.2, 0.25) is 5.02 Å². The zero-order valence-corrected chi connectivity index (χ0v) is 15.8. The quantitative estimate of drug-likeness (QED) is 0.616. The van der Waals surface area contributed by atoms with Crippen molar-refractivity contribution in [3.63, 3.8) is 0 Å². The summed E-state index contributed by atoms with van der Waals surface area (Å²) in [4.78, 5) is 0. The summed E-state index contributed by atoms with van der Waals surface area (Å²) in [5, 5.41) is 15.4. The fourth-order valence-corrected chi connectivity index (χ4v) is 3.33. The highest BCUT2D eigenvalue weighted by atomic mass is 79.9. The summed E-state index contributed by atoms with van der Waals surface area (Å²) in [7, 11) is 0. The van der Waals surface area contributed by atoms with Crippen molar-refractivity contribution in [2.45, 2.75) is 12.7 Å². The molecule has 0 saturated heterocycles. The van der Waals surface area contributed by atoms with E-state index in [0.717, 1.165) is 11.3 Å². The molecule has 1 unspecified atom stereocenters. The summed E-state index contributed by atoms with van der Waals surface area (Å²) >= 11 is 9.33. The summed E-state index contributed by atoms with van der Waals surface area (Å²) in [6.07, 6.45) is 1.84. The predicted molar refractivity (Wildman–Crippen MR) is 99.8 cm³/mol. The molecule has 0 bridgehead atoms. The average Bonchev–Trinajstić information content (AvgIpc) is 3.11. The lowest BCUT2D eigenvalue weighted by Crippen LogP contribution is -2.21. The largest absolute Gasteiger partial charge is 0.434 e. The van der Waals surface area contributed by atoms with E-state index in [4.69, 9.17) is 16.3 Å². The third-order valence-corrected chi connectivity index (χ3v) is 4.73. The third kappa shape index (κ3) is 3.65. The molecule has 10 heteroatoms. The lowest BCUT2D eigenvalue weighted by Gasteiger charge is -2.25. The van der Waals surface area contributed by atoms with Crippen molar-refractivity contribution in [1.82, 2.24) is 20.2 Å². The first kappa shape index (κ1) is 17.9. The van der Waals surface area contributed by atoms with Gasteiger partial charge in [-0.05, 0) is 52.4 Å². The summed E-state index contributed by atoms with van der Waals surface area (Å²) in [5.74, 6) is 0.434. The highest BCUT2D eigenvalue weighted by Gasteiger charge is 2.27. The van der Waals surface area contributed by atoms with Crippen molar-refractivity contribution in [1.29, 1.82) is 0 Å². The number of tetrazole rings is 1. The monoisotopic (exact) mass is 453 g/mol. The minimum atomic E-state index is -2.94. The van der Waals surface area contributed by atoms with Crippen LogP contribution in [0.15, 0.2) is 53.0 Å². The van der Waals surface area contributed by atoms with Gasteiger partial charge in [-0.25, -0.2) is 0 Å². The molecule has 1 aromatic heterocycles. The number of nitrogens with one attached hydrogen (secondary N) is 1. The first-order valence-corrected chi connectivity index (χ1v) is 8.95. The van der Waals surface area contributed by atoms with Crippen LogP contribution in [0.25, 0.3) is 5.70 Å². The summed E-state index contributed by atoms with van der Waals surface area (Å²) in [6.45, 7) is -2.94. The zero-order valence-electron chi connectivity index (χ0n) is 13.5. The Morgan fingerprint density at radius 3 is 2.70 bits per heavy atom. The molecule has 0 spiro atoms. The minimum absolute atomic E-state index is 0.0493. The smallest absolute Gasteiger partial charge is 0.387 e. The van der Waals surface area contributed by atoms with E-state index in [9.17, 15) is 8.78 Å². The molecular weight excluding hydrogens is 444 g/mol. The van der Waals surface area contributed by atoms with E-state index in [-0.39, 0.29) is 5.75 Å². The Kier molecular flexibility index (Phi) is 4.79. The van der Waals surface area contributed by atoms with Crippen molar-refractivity contribution in [3.05, 3.63) is 69.2 Å². The molecule has 1 N–H and O–H groups in total. The molecular formula is C17H11BrClF2N5O. The maximum absolute atomic E-state index is 12.9. The summed E-state index contributed by atoms with van der Waals surface area (Å²) < 4.78 is 32.6. The predicted octanol–water partition coefficient (Wildman–Crippen LogP) is 4.75. The number of hydrogen-bond donors (Lipinski definition) is 1. The number of ether oxygens (including phenoxy) is 1. The van der Waals surface area contributed by atoms with E-state index in [2.05, 4.69) is 36.8 Å². The lowest BCUT2D eigenvalue weighted by atomic mass is 10.0.